The second-order valence-corrected chi connectivity index (χ2v) is 7.81. The summed E-state index contributed by atoms with van der Waals surface area (Å²) in [5.41, 5.74) is 1.80. The van der Waals surface area contributed by atoms with E-state index in [0.29, 0.717) is 37.0 Å². The lowest BCUT2D eigenvalue weighted by Crippen LogP contribution is -2.51. The van der Waals surface area contributed by atoms with Crippen molar-refractivity contribution in [1.82, 2.24) is 9.80 Å². The summed E-state index contributed by atoms with van der Waals surface area (Å²) in [7, 11) is 1.59. The molecular formula is C22H25ClN4O3. The van der Waals surface area contributed by atoms with Crippen LogP contribution in [-0.2, 0) is 4.79 Å². The van der Waals surface area contributed by atoms with Gasteiger partial charge in [-0.2, -0.15) is 0 Å². The summed E-state index contributed by atoms with van der Waals surface area (Å²) in [6.07, 6.45) is 0. The summed E-state index contributed by atoms with van der Waals surface area (Å²) in [6.45, 7) is 3.90. The van der Waals surface area contributed by atoms with Crippen molar-refractivity contribution in [2.75, 3.05) is 62.7 Å². The van der Waals surface area contributed by atoms with E-state index in [2.05, 4.69) is 4.90 Å². The smallest absolute Gasteiger partial charge is 0.325 e. The number of para-hydroxylation sites is 2. The van der Waals surface area contributed by atoms with Crippen LogP contribution in [0, 0.1) is 0 Å². The Morgan fingerprint density at radius 1 is 1.00 bits per heavy atom. The lowest BCUT2D eigenvalue weighted by atomic mass is 10.2. The molecule has 0 atom stereocenters. The molecule has 2 saturated heterocycles. The molecule has 2 aliphatic heterocycles. The number of carbonyl (C=O) groups is 2. The van der Waals surface area contributed by atoms with Gasteiger partial charge in [-0.25, -0.2) is 4.79 Å². The highest BCUT2D eigenvalue weighted by Gasteiger charge is 2.33. The fourth-order valence-electron chi connectivity index (χ4n) is 3.96. The molecule has 0 N–H and O–H groups in total. The summed E-state index contributed by atoms with van der Waals surface area (Å²) in [4.78, 5) is 33.0. The molecule has 30 heavy (non-hydrogen) atoms. The third kappa shape index (κ3) is 4.16. The molecule has 2 aliphatic rings. The maximum atomic E-state index is 12.9. The zero-order chi connectivity index (χ0) is 21.1. The number of urea groups is 1. The normalized spacial score (nSPS) is 16.9. The van der Waals surface area contributed by atoms with E-state index in [4.69, 9.17) is 16.3 Å². The van der Waals surface area contributed by atoms with E-state index in [-0.39, 0.29) is 18.5 Å². The molecule has 2 fully saturated rings. The number of amides is 3. The molecule has 8 heteroatoms. The molecule has 0 aliphatic carbocycles. The third-order valence-electron chi connectivity index (χ3n) is 5.60. The number of carbonyl (C=O) groups excluding carboxylic acids is 2. The van der Waals surface area contributed by atoms with Crippen LogP contribution in [0.25, 0.3) is 0 Å². The van der Waals surface area contributed by atoms with Crippen LogP contribution in [0.15, 0.2) is 48.5 Å². The van der Waals surface area contributed by atoms with Gasteiger partial charge in [0.15, 0.2) is 0 Å². The highest BCUT2D eigenvalue weighted by Crippen LogP contribution is 2.30. The van der Waals surface area contributed by atoms with Crippen LogP contribution in [0.4, 0.5) is 16.2 Å². The summed E-state index contributed by atoms with van der Waals surface area (Å²) in [6, 6.07) is 15.0. The fraction of sp³-hybridized carbons (Fsp3) is 0.364. The molecule has 2 heterocycles. The second kappa shape index (κ2) is 8.83. The molecule has 158 valence electrons. The van der Waals surface area contributed by atoms with Crippen molar-refractivity contribution in [3.8, 4) is 5.75 Å². The predicted octanol–water partition coefficient (Wildman–Crippen LogP) is 2.94. The number of rotatable bonds is 5. The maximum absolute atomic E-state index is 12.9. The molecule has 3 amide bonds. The number of piperazine rings is 1. The van der Waals surface area contributed by atoms with E-state index in [1.807, 2.05) is 53.4 Å². The maximum Gasteiger partial charge on any atom is 0.325 e. The Labute approximate surface area is 181 Å². The minimum absolute atomic E-state index is 0.0176. The van der Waals surface area contributed by atoms with Crippen LogP contribution in [0.1, 0.15) is 0 Å². The number of hydrogen-bond acceptors (Lipinski definition) is 4. The van der Waals surface area contributed by atoms with E-state index in [1.54, 1.807) is 16.9 Å². The first-order valence-electron chi connectivity index (χ1n) is 10.0. The zero-order valence-corrected chi connectivity index (χ0v) is 17.7. The molecule has 0 bridgehead atoms. The van der Waals surface area contributed by atoms with Gasteiger partial charge in [0.1, 0.15) is 12.3 Å². The number of halogens is 1. The SMILES string of the molecule is COc1ccccc1N1CCN(CC(=O)N2CCN(c3cccc(Cl)c3)CC2)C1=O. The van der Waals surface area contributed by atoms with E-state index in [0.717, 1.165) is 24.5 Å². The van der Waals surface area contributed by atoms with Gasteiger partial charge in [0, 0.05) is 50.0 Å². The number of benzene rings is 2. The van der Waals surface area contributed by atoms with Crippen LogP contribution >= 0.6 is 11.6 Å². The van der Waals surface area contributed by atoms with Crippen LogP contribution in [0.2, 0.25) is 5.02 Å². The van der Waals surface area contributed by atoms with Crippen LogP contribution in [0.5, 0.6) is 5.75 Å². The van der Waals surface area contributed by atoms with Gasteiger partial charge in [-0.1, -0.05) is 29.8 Å². The molecule has 2 aromatic carbocycles. The Morgan fingerprint density at radius 2 is 1.77 bits per heavy atom. The monoisotopic (exact) mass is 428 g/mol. The van der Waals surface area contributed by atoms with Crippen LogP contribution in [0.3, 0.4) is 0 Å². The third-order valence-corrected chi connectivity index (χ3v) is 5.84. The van der Waals surface area contributed by atoms with Crippen molar-refractivity contribution in [3.05, 3.63) is 53.6 Å². The van der Waals surface area contributed by atoms with Crippen molar-refractivity contribution in [2.24, 2.45) is 0 Å². The van der Waals surface area contributed by atoms with Crippen LogP contribution < -0.4 is 14.5 Å². The van der Waals surface area contributed by atoms with Gasteiger partial charge in [0.05, 0.1) is 12.8 Å². The van der Waals surface area contributed by atoms with Gasteiger partial charge in [-0.3, -0.25) is 9.69 Å². The Morgan fingerprint density at radius 3 is 2.50 bits per heavy atom. The topological polar surface area (TPSA) is 56.3 Å². The molecule has 0 aromatic heterocycles. The summed E-state index contributed by atoms with van der Waals surface area (Å²) >= 11 is 6.09. The summed E-state index contributed by atoms with van der Waals surface area (Å²) < 4.78 is 5.37. The van der Waals surface area contributed by atoms with E-state index >= 15 is 0 Å². The highest BCUT2D eigenvalue weighted by atomic mass is 35.5. The number of nitrogens with zero attached hydrogens (tertiary/aromatic N) is 4. The van der Waals surface area contributed by atoms with Gasteiger partial charge >= 0.3 is 6.03 Å². The largest absolute Gasteiger partial charge is 0.495 e. The summed E-state index contributed by atoms with van der Waals surface area (Å²) in [5.74, 6) is 0.632. The van der Waals surface area contributed by atoms with Gasteiger partial charge in [0.25, 0.3) is 0 Å². The summed E-state index contributed by atoms with van der Waals surface area (Å²) in [5, 5.41) is 0.707. The first kappa shape index (κ1) is 20.3. The average Bonchev–Trinajstić information content (AvgIpc) is 3.13. The molecule has 4 rings (SSSR count). The van der Waals surface area contributed by atoms with Crippen molar-refractivity contribution < 1.29 is 14.3 Å². The minimum atomic E-state index is -0.162. The minimum Gasteiger partial charge on any atom is -0.495 e. The fourth-order valence-corrected chi connectivity index (χ4v) is 4.14. The second-order valence-electron chi connectivity index (χ2n) is 7.38. The number of hydrogen-bond donors (Lipinski definition) is 0. The number of ether oxygens (including phenoxy) is 1. The van der Waals surface area contributed by atoms with Gasteiger partial charge in [0.2, 0.25) is 5.91 Å². The molecule has 0 unspecified atom stereocenters. The standard InChI is InChI=1S/C22H25ClN4O3/c1-30-20-8-3-2-7-19(20)27-14-13-26(22(27)29)16-21(28)25-11-9-24(10-12-25)18-6-4-5-17(23)15-18/h2-8,15H,9-14,16H2,1H3. The number of anilines is 2. The van der Waals surface area contributed by atoms with Crippen molar-refractivity contribution in [2.45, 2.75) is 0 Å². The molecular weight excluding hydrogens is 404 g/mol. The predicted molar refractivity (Wildman–Crippen MR) is 118 cm³/mol. The highest BCUT2D eigenvalue weighted by molar-refractivity contribution is 6.30. The molecule has 0 radical (unpaired) electrons. The molecule has 2 aromatic rings. The Bertz CT molecular complexity index is 930. The Kier molecular flexibility index (Phi) is 5.99. The lowest BCUT2D eigenvalue weighted by molar-refractivity contribution is -0.131. The van der Waals surface area contributed by atoms with Crippen molar-refractivity contribution >= 4 is 34.9 Å². The van der Waals surface area contributed by atoms with Crippen molar-refractivity contribution in [1.29, 1.82) is 0 Å². The van der Waals surface area contributed by atoms with Gasteiger partial charge < -0.3 is 19.4 Å². The van der Waals surface area contributed by atoms with Crippen molar-refractivity contribution in [3.63, 3.8) is 0 Å². The van der Waals surface area contributed by atoms with E-state index < -0.39 is 0 Å². The molecule has 0 spiro atoms. The average molecular weight is 429 g/mol. The quantitative estimate of drug-likeness (QED) is 0.734. The van der Waals surface area contributed by atoms with Gasteiger partial charge in [-0.05, 0) is 30.3 Å². The van der Waals surface area contributed by atoms with E-state index in [9.17, 15) is 9.59 Å². The first-order valence-corrected chi connectivity index (χ1v) is 10.4. The zero-order valence-electron chi connectivity index (χ0n) is 17.0. The first-order chi connectivity index (χ1) is 14.6. The molecule has 0 saturated carbocycles. The van der Waals surface area contributed by atoms with Gasteiger partial charge in [-0.15, -0.1) is 0 Å². The Hall–Kier alpha value is -2.93. The Balaban J connectivity index is 1.33. The molecule has 7 nitrogen and oxygen atoms in total. The van der Waals surface area contributed by atoms with Crippen LogP contribution in [-0.4, -0.2) is 74.7 Å². The lowest BCUT2D eigenvalue weighted by Gasteiger charge is -2.36. The number of methoxy groups -OCH3 is 1. The van der Waals surface area contributed by atoms with E-state index in [1.165, 1.54) is 0 Å².